The number of rotatable bonds is 7. The molecule has 1 aliphatic rings. The number of hydrogen-bond acceptors (Lipinski definition) is 3. The van der Waals surface area contributed by atoms with Crippen molar-refractivity contribution < 1.29 is 4.79 Å². The number of thioether (sulfide) groups is 1. The van der Waals surface area contributed by atoms with Gasteiger partial charge in [0.1, 0.15) is 0 Å². The van der Waals surface area contributed by atoms with Crippen molar-refractivity contribution in [3.8, 4) is 11.1 Å². The lowest BCUT2D eigenvalue weighted by molar-refractivity contribution is -0.118. The van der Waals surface area contributed by atoms with E-state index in [1.807, 2.05) is 13.0 Å². The largest absolute Gasteiger partial charge is 0.272 e. The Labute approximate surface area is 189 Å². The molecule has 0 atom stereocenters. The maximum Gasteiger partial charge on any atom is 0.250 e. The number of amides is 1. The molecule has 0 saturated carbocycles. The lowest BCUT2D eigenvalue weighted by atomic mass is 9.80. The van der Waals surface area contributed by atoms with Crippen molar-refractivity contribution in [3.63, 3.8) is 0 Å². The molecule has 0 spiro atoms. The first kappa shape index (κ1) is 21.4. The van der Waals surface area contributed by atoms with Crippen molar-refractivity contribution in [1.82, 2.24) is 5.43 Å². The predicted octanol–water partition coefficient (Wildman–Crippen LogP) is 6.35. The smallest absolute Gasteiger partial charge is 0.250 e. The maximum atomic E-state index is 12.5. The molecule has 31 heavy (non-hydrogen) atoms. The minimum Gasteiger partial charge on any atom is -0.272 e. The van der Waals surface area contributed by atoms with Crippen molar-refractivity contribution in [1.29, 1.82) is 0 Å². The van der Waals surface area contributed by atoms with Gasteiger partial charge in [0, 0.05) is 5.71 Å². The second kappa shape index (κ2) is 9.11. The van der Waals surface area contributed by atoms with Crippen LogP contribution in [-0.2, 0) is 10.2 Å². The van der Waals surface area contributed by atoms with Crippen LogP contribution in [0.3, 0.4) is 0 Å². The molecule has 1 aliphatic carbocycles. The Morgan fingerprint density at radius 1 is 0.903 bits per heavy atom. The number of carbonyl (C=O) groups excluding carboxylic acids is 1. The number of hydrogen-bond donors (Lipinski definition) is 1. The quantitative estimate of drug-likeness (QED) is 0.352. The third kappa shape index (κ3) is 4.75. The van der Waals surface area contributed by atoms with Crippen molar-refractivity contribution in [2.75, 3.05) is 5.75 Å². The van der Waals surface area contributed by atoms with Gasteiger partial charge in [-0.3, -0.25) is 4.79 Å². The van der Waals surface area contributed by atoms with E-state index in [1.165, 1.54) is 27.8 Å². The Morgan fingerprint density at radius 3 is 2.06 bits per heavy atom. The number of nitrogens with zero attached hydrogens (tertiary/aromatic N) is 1. The molecule has 0 radical (unpaired) electrons. The normalized spacial score (nSPS) is 13.6. The number of hydrazone groups is 1. The van der Waals surface area contributed by atoms with E-state index in [0.717, 1.165) is 12.1 Å². The van der Waals surface area contributed by atoms with E-state index in [2.05, 4.69) is 97.2 Å². The van der Waals surface area contributed by atoms with Gasteiger partial charge < -0.3 is 0 Å². The minimum absolute atomic E-state index is 0.0361. The second-order valence-electron chi connectivity index (χ2n) is 8.67. The van der Waals surface area contributed by atoms with Crippen LogP contribution >= 0.6 is 11.8 Å². The van der Waals surface area contributed by atoms with Crippen LogP contribution in [0, 0.1) is 0 Å². The first-order valence-electron chi connectivity index (χ1n) is 10.6. The highest BCUT2D eigenvalue weighted by Gasteiger charge is 2.28. The Bertz CT molecular complexity index is 1060. The van der Waals surface area contributed by atoms with E-state index < -0.39 is 0 Å². The zero-order chi connectivity index (χ0) is 21.8. The molecule has 1 amide bonds. The first-order valence-corrected chi connectivity index (χ1v) is 11.7. The van der Waals surface area contributed by atoms with E-state index >= 15 is 0 Å². The molecule has 0 saturated heterocycles. The first-order chi connectivity index (χ1) is 15.0. The lowest BCUT2D eigenvalue weighted by Crippen LogP contribution is -2.25. The highest BCUT2D eigenvalue weighted by Crippen LogP contribution is 2.49. The van der Waals surface area contributed by atoms with Gasteiger partial charge >= 0.3 is 0 Å². The second-order valence-corrected chi connectivity index (χ2v) is 9.77. The van der Waals surface area contributed by atoms with Crippen LogP contribution < -0.4 is 5.43 Å². The van der Waals surface area contributed by atoms with Gasteiger partial charge in [0.2, 0.25) is 5.91 Å². The summed E-state index contributed by atoms with van der Waals surface area (Å²) in [5, 5.41) is 4.55. The third-order valence-electron chi connectivity index (χ3n) is 5.78. The summed E-state index contributed by atoms with van der Waals surface area (Å²) in [7, 11) is 0. The summed E-state index contributed by atoms with van der Waals surface area (Å²) >= 11 is 1.66. The Morgan fingerprint density at radius 2 is 1.45 bits per heavy atom. The third-order valence-corrected chi connectivity index (χ3v) is 7.05. The average Bonchev–Trinajstić information content (AvgIpc) is 3.10. The lowest BCUT2D eigenvalue weighted by Gasteiger charge is -2.25. The molecule has 3 aromatic rings. The van der Waals surface area contributed by atoms with Crippen LogP contribution in [-0.4, -0.2) is 17.4 Å². The van der Waals surface area contributed by atoms with E-state index in [9.17, 15) is 4.79 Å². The van der Waals surface area contributed by atoms with Crippen molar-refractivity contribution >= 4 is 23.4 Å². The summed E-state index contributed by atoms with van der Waals surface area (Å²) in [5.74, 6) is 0.301. The predicted molar refractivity (Wildman–Crippen MR) is 132 cm³/mol. The Balaban J connectivity index is 1.37. The van der Waals surface area contributed by atoms with Crippen molar-refractivity contribution in [3.05, 3.63) is 95.6 Å². The van der Waals surface area contributed by atoms with Crippen LogP contribution in [0.1, 0.15) is 49.1 Å². The highest BCUT2D eigenvalue weighted by molar-refractivity contribution is 8.00. The molecule has 1 N–H and O–H groups in total. The molecule has 4 heteroatoms. The number of fused-ring (bicyclic) bond motifs is 3. The molecule has 3 aromatic carbocycles. The topological polar surface area (TPSA) is 41.5 Å². The molecule has 0 aliphatic heterocycles. The Kier molecular flexibility index (Phi) is 6.28. The van der Waals surface area contributed by atoms with Crippen LogP contribution in [0.25, 0.3) is 11.1 Å². The van der Waals surface area contributed by atoms with Gasteiger partial charge in [-0.2, -0.15) is 5.10 Å². The zero-order valence-electron chi connectivity index (χ0n) is 18.3. The van der Waals surface area contributed by atoms with Crippen LogP contribution in [0.2, 0.25) is 0 Å². The molecular formula is C27H28N2OS. The summed E-state index contributed by atoms with van der Waals surface area (Å²) in [6.45, 7) is 6.38. The fourth-order valence-corrected chi connectivity index (χ4v) is 5.46. The summed E-state index contributed by atoms with van der Waals surface area (Å²) in [6.07, 6.45) is 0.786. The van der Waals surface area contributed by atoms with Crippen molar-refractivity contribution in [2.45, 2.75) is 37.9 Å². The van der Waals surface area contributed by atoms with Gasteiger partial charge in [-0.05, 0) is 46.6 Å². The molecule has 3 nitrogen and oxygen atoms in total. The molecule has 0 bridgehead atoms. The number of benzene rings is 3. The standard InChI is InChI=1S/C27H28N2OS/c1-19(17-27(2,3)20-11-5-4-6-12-20)28-29-25(30)18-31-26-23-15-9-7-13-21(23)22-14-8-10-16-24(22)26/h4-16,26H,17-18H2,1-3H3,(H,29,30)/b28-19-. The van der Waals surface area contributed by atoms with E-state index in [4.69, 9.17) is 0 Å². The summed E-state index contributed by atoms with van der Waals surface area (Å²) in [4.78, 5) is 12.5. The molecular weight excluding hydrogens is 400 g/mol. The SMILES string of the molecule is C/C(CC(C)(C)c1ccccc1)=N/NC(=O)CSC1c2ccccc2-c2ccccc21. The van der Waals surface area contributed by atoms with E-state index in [1.54, 1.807) is 11.8 Å². The maximum absolute atomic E-state index is 12.5. The van der Waals surface area contributed by atoms with Crippen LogP contribution in [0.5, 0.6) is 0 Å². The van der Waals surface area contributed by atoms with E-state index in [0.29, 0.717) is 5.75 Å². The molecule has 4 rings (SSSR count). The number of carbonyl (C=O) groups is 1. The summed E-state index contributed by atoms with van der Waals surface area (Å²) < 4.78 is 0. The van der Waals surface area contributed by atoms with Crippen LogP contribution in [0.15, 0.2) is 84.0 Å². The van der Waals surface area contributed by atoms with E-state index in [-0.39, 0.29) is 16.6 Å². The van der Waals surface area contributed by atoms with Gasteiger partial charge in [0.15, 0.2) is 0 Å². The minimum atomic E-state index is -0.0660. The van der Waals surface area contributed by atoms with Crippen molar-refractivity contribution in [2.24, 2.45) is 5.10 Å². The molecule has 158 valence electrons. The fraction of sp³-hybridized carbons (Fsp3) is 0.259. The zero-order valence-corrected chi connectivity index (χ0v) is 19.1. The van der Waals surface area contributed by atoms with Gasteiger partial charge in [0.25, 0.3) is 0 Å². The van der Waals surface area contributed by atoms with Gasteiger partial charge in [-0.25, -0.2) is 5.43 Å². The van der Waals surface area contributed by atoms with Gasteiger partial charge in [-0.1, -0.05) is 92.7 Å². The average molecular weight is 429 g/mol. The molecule has 0 heterocycles. The van der Waals surface area contributed by atoms with Gasteiger partial charge in [0.05, 0.1) is 11.0 Å². The summed E-state index contributed by atoms with van der Waals surface area (Å²) in [5.41, 5.74) is 10.0. The molecule has 0 fully saturated rings. The summed E-state index contributed by atoms with van der Waals surface area (Å²) in [6, 6.07) is 27.4. The number of nitrogens with one attached hydrogen (secondary N) is 1. The molecule has 0 aromatic heterocycles. The van der Waals surface area contributed by atoms with Crippen LogP contribution in [0.4, 0.5) is 0 Å². The highest BCUT2D eigenvalue weighted by atomic mass is 32.2. The molecule has 0 unspecified atom stereocenters. The Hall–Kier alpha value is -2.85. The monoisotopic (exact) mass is 428 g/mol. The van der Waals surface area contributed by atoms with Gasteiger partial charge in [-0.15, -0.1) is 11.8 Å². The fourth-order valence-electron chi connectivity index (χ4n) is 4.31.